The van der Waals surface area contributed by atoms with Gasteiger partial charge in [0.05, 0.1) is 21.8 Å². The molecule has 5 heteroatoms. The molecule has 2 aromatic carbocycles. The molecule has 0 saturated carbocycles. The van der Waals surface area contributed by atoms with Gasteiger partial charge in [0.25, 0.3) is 5.91 Å². The van der Waals surface area contributed by atoms with Gasteiger partial charge in [-0.2, -0.15) is 0 Å². The van der Waals surface area contributed by atoms with E-state index in [1.807, 2.05) is 0 Å². The maximum absolute atomic E-state index is 12.3. The Balaban J connectivity index is 2.39. The summed E-state index contributed by atoms with van der Waals surface area (Å²) < 4.78 is 0. The molecule has 2 aromatic rings. The molecule has 0 spiro atoms. The lowest BCUT2D eigenvalue weighted by Gasteiger charge is -2.12. The summed E-state index contributed by atoms with van der Waals surface area (Å²) in [7, 11) is 0. The summed E-state index contributed by atoms with van der Waals surface area (Å²) in [4.78, 5) is 23.6. The lowest BCUT2D eigenvalue weighted by Crippen LogP contribution is -2.16. The minimum absolute atomic E-state index is 0.0784. The van der Waals surface area contributed by atoms with Crippen LogP contribution in [0.15, 0.2) is 36.4 Å². The summed E-state index contributed by atoms with van der Waals surface area (Å²) >= 11 is 6.11. The number of carbonyl (C=O) groups excluding carboxylic acids is 1. The second-order valence-corrected chi connectivity index (χ2v) is 5.07. The number of benzene rings is 2. The fourth-order valence-electron chi connectivity index (χ4n) is 2.07. The van der Waals surface area contributed by atoms with Gasteiger partial charge in [-0.05, 0) is 37.1 Å². The van der Waals surface area contributed by atoms with Gasteiger partial charge in [0.15, 0.2) is 0 Å². The molecule has 0 heterocycles. The van der Waals surface area contributed by atoms with Crippen molar-refractivity contribution in [3.8, 4) is 0 Å². The Labute approximate surface area is 127 Å². The molecule has 1 amide bonds. The van der Waals surface area contributed by atoms with Gasteiger partial charge in [-0.25, -0.2) is 4.79 Å². The predicted octanol–water partition coefficient (Wildman–Crippen LogP) is 3.91. The molecule has 0 aliphatic rings. The highest BCUT2D eigenvalue weighted by molar-refractivity contribution is 6.35. The van der Waals surface area contributed by atoms with E-state index in [-0.39, 0.29) is 11.3 Å². The van der Waals surface area contributed by atoms with Crippen LogP contribution in [0.3, 0.4) is 0 Å². The number of rotatable bonds is 3. The van der Waals surface area contributed by atoms with E-state index in [9.17, 15) is 14.7 Å². The van der Waals surface area contributed by atoms with Gasteiger partial charge in [0, 0.05) is 0 Å². The Morgan fingerprint density at radius 3 is 2.33 bits per heavy atom. The fourth-order valence-corrected chi connectivity index (χ4v) is 2.28. The van der Waals surface area contributed by atoms with Crippen molar-refractivity contribution in [2.45, 2.75) is 13.8 Å². The molecule has 0 aromatic heterocycles. The van der Waals surface area contributed by atoms with E-state index >= 15 is 0 Å². The van der Waals surface area contributed by atoms with Crippen LogP contribution in [0.5, 0.6) is 0 Å². The Kier molecular flexibility index (Phi) is 4.29. The maximum atomic E-state index is 12.3. The fraction of sp³-hybridized carbons (Fsp3) is 0.125. The van der Waals surface area contributed by atoms with E-state index in [0.29, 0.717) is 16.1 Å². The van der Waals surface area contributed by atoms with E-state index < -0.39 is 11.9 Å². The molecule has 0 radical (unpaired) electrons. The van der Waals surface area contributed by atoms with E-state index in [2.05, 4.69) is 5.32 Å². The summed E-state index contributed by atoms with van der Waals surface area (Å²) in [6.07, 6.45) is 0. The van der Waals surface area contributed by atoms with Crippen LogP contribution in [0.1, 0.15) is 31.8 Å². The quantitative estimate of drug-likeness (QED) is 0.903. The van der Waals surface area contributed by atoms with Crippen molar-refractivity contribution in [3.05, 3.63) is 63.7 Å². The van der Waals surface area contributed by atoms with E-state index in [1.165, 1.54) is 0 Å². The topological polar surface area (TPSA) is 66.4 Å². The first kappa shape index (κ1) is 15.1. The van der Waals surface area contributed by atoms with E-state index in [1.54, 1.807) is 50.2 Å². The molecule has 0 aliphatic heterocycles. The molecule has 0 fully saturated rings. The van der Waals surface area contributed by atoms with Crippen molar-refractivity contribution in [1.82, 2.24) is 0 Å². The summed E-state index contributed by atoms with van der Waals surface area (Å²) in [5.41, 5.74) is 2.01. The SMILES string of the molecule is Cc1cccc(C(=O)Nc2cccc(C)c2C(=O)O)c1Cl. The van der Waals surface area contributed by atoms with Gasteiger partial charge in [0.1, 0.15) is 0 Å². The second-order valence-electron chi connectivity index (χ2n) is 4.69. The molecular formula is C16H14ClNO3. The molecule has 0 unspecified atom stereocenters. The molecule has 2 rings (SSSR count). The molecule has 108 valence electrons. The van der Waals surface area contributed by atoms with Gasteiger partial charge < -0.3 is 10.4 Å². The number of aromatic carboxylic acids is 1. The van der Waals surface area contributed by atoms with Crippen molar-refractivity contribution in [1.29, 1.82) is 0 Å². The molecule has 0 atom stereocenters. The third-order valence-corrected chi connectivity index (χ3v) is 3.67. The van der Waals surface area contributed by atoms with Gasteiger partial charge in [-0.3, -0.25) is 4.79 Å². The second kappa shape index (κ2) is 5.97. The number of hydrogen-bond acceptors (Lipinski definition) is 2. The highest BCUT2D eigenvalue weighted by Gasteiger charge is 2.17. The Morgan fingerprint density at radius 2 is 1.67 bits per heavy atom. The number of carboxylic acids is 1. The van der Waals surface area contributed by atoms with Crippen LogP contribution in [0.2, 0.25) is 5.02 Å². The lowest BCUT2D eigenvalue weighted by atomic mass is 10.1. The lowest BCUT2D eigenvalue weighted by molar-refractivity contribution is 0.0697. The Morgan fingerprint density at radius 1 is 1.05 bits per heavy atom. The average molecular weight is 304 g/mol. The first-order valence-electron chi connectivity index (χ1n) is 6.31. The zero-order valence-corrected chi connectivity index (χ0v) is 12.4. The van der Waals surface area contributed by atoms with Crippen LogP contribution in [-0.4, -0.2) is 17.0 Å². The van der Waals surface area contributed by atoms with E-state index in [0.717, 1.165) is 5.56 Å². The Hall–Kier alpha value is -2.33. The van der Waals surface area contributed by atoms with Crippen LogP contribution in [-0.2, 0) is 0 Å². The molecule has 4 nitrogen and oxygen atoms in total. The van der Waals surface area contributed by atoms with Crippen LogP contribution < -0.4 is 5.32 Å². The van der Waals surface area contributed by atoms with Crippen molar-refractivity contribution in [2.24, 2.45) is 0 Å². The number of carboxylic acid groups (broad SMARTS) is 1. The molecule has 21 heavy (non-hydrogen) atoms. The molecular weight excluding hydrogens is 290 g/mol. The average Bonchev–Trinajstić information content (AvgIpc) is 2.41. The Bertz CT molecular complexity index is 725. The number of hydrogen-bond donors (Lipinski definition) is 2. The summed E-state index contributed by atoms with van der Waals surface area (Å²) in [5.74, 6) is -1.52. The number of carbonyl (C=O) groups is 2. The first-order chi connectivity index (χ1) is 9.91. The summed E-state index contributed by atoms with van der Waals surface area (Å²) in [6.45, 7) is 3.48. The van der Waals surface area contributed by atoms with Crippen molar-refractivity contribution < 1.29 is 14.7 Å². The zero-order valence-electron chi connectivity index (χ0n) is 11.6. The minimum Gasteiger partial charge on any atom is -0.478 e. The van der Waals surface area contributed by atoms with Gasteiger partial charge in [-0.15, -0.1) is 0 Å². The number of anilines is 1. The predicted molar refractivity (Wildman–Crippen MR) is 82.3 cm³/mol. The highest BCUT2D eigenvalue weighted by atomic mass is 35.5. The van der Waals surface area contributed by atoms with Crippen molar-refractivity contribution >= 4 is 29.2 Å². The van der Waals surface area contributed by atoms with Crippen LogP contribution >= 0.6 is 11.6 Å². The van der Waals surface area contributed by atoms with Gasteiger partial charge in [0.2, 0.25) is 0 Å². The number of halogens is 1. The van der Waals surface area contributed by atoms with Crippen LogP contribution in [0.4, 0.5) is 5.69 Å². The third kappa shape index (κ3) is 3.06. The molecule has 0 bridgehead atoms. The van der Waals surface area contributed by atoms with Gasteiger partial charge >= 0.3 is 5.97 Å². The molecule has 0 aliphatic carbocycles. The van der Waals surface area contributed by atoms with E-state index in [4.69, 9.17) is 11.6 Å². The van der Waals surface area contributed by atoms with Crippen LogP contribution in [0, 0.1) is 13.8 Å². The van der Waals surface area contributed by atoms with Crippen molar-refractivity contribution in [2.75, 3.05) is 5.32 Å². The monoisotopic (exact) mass is 303 g/mol. The smallest absolute Gasteiger partial charge is 0.338 e. The number of aryl methyl sites for hydroxylation is 2. The van der Waals surface area contributed by atoms with Gasteiger partial charge in [-0.1, -0.05) is 35.9 Å². The molecule has 0 saturated heterocycles. The number of nitrogens with one attached hydrogen (secondary N) is 1. The zero-order chi connectivity index (χ0) is 15.6. The highest BCUT2D eigenvalue weighted by Crippen LogP contribution is 2.24. The normalized spacial score (nSPS) is 10.2. The molecule has 2 N–H and O–H groups in total. The first-order valence-corrected chi connectivity index (χ1v) is 6.69. The third-order valence-electron chi connectivity index (χ3n) is 3.17. The van der Waals surface area contributed by atoms with Crippen molar-refractivity contribution in [3.63, 3.8) is 0 Å². The summed E-state index contributed by atoms with van der Waals surface area (Å²) in [6, 6.07) is 10.0. The maximum Gasteiger partial charge on any atom is 0.338 e. The summed E-state index contributed by atoms with van der Waals surface area (Å²) in [5, 5.41) is 12.2. The minimum atomic E-state index is -1.08. The number of amides is 1. The van der Waals surface area contributed by atoms with Crippen LogP contribution in [0.25, 0.3) is 0 Å². The largest absolute Gasteiger partial charge is 0.478 e. The standard InChI is InChI=1S/C16H14ClNO3/c1-9-5-4-8-12(13(9)16(20)21)18-15(19)11-7-3-6-10(2)14(11)17/h3-8H,1-2H3,(H,18,19)(H,20,21).